The molecule has 1 unspecified atom stereocenters. The number of amides is 1. The van der Waals surface area contributed by atoms with Gasteiger partial charge in [0, 0.05) is 6.54 Å². The monoisotopic (exact) mass is 266 g/mol. The smallest absolute Gasteiger partial charge is 0.404 e. The minimum absolute atomic E-state index is 0.0953. The van der Waals surface area contributed by atoms with E-state index in [9.17, 15) is 9.59 Å². The predicted octanol–water partition coefficient (Wildman–Crippen LogP) is 0.976. The number of nitrogens with two attached hydrogens (primary N) is 1. The van der Waals surface area contributed by atoms with Gasteiger partial charge in [0.15, 0.2) is 0 Å². The van der Waals surface area contributed by atoms with Crippen molar-refractivity contribution >= 4 is 12.1 Å². The van der Waals surface area contributed by atoms with E-state index in [1.54, 1.807) is 6.92 Å². The lowest BCUT2D eigenvalue weighted by Gasteiger charge is -2.17. The van der Waals surface area contributed by atoms with E-state index < -0.39 is 12.1 Å². The third kappa shape index (κ3) is 5.39. The molecule has 0 bridgehead atoms. The van der Waals surface area contributed by atoms with Crippen LogP contribution in [0.1, 0.15) is 18.5 Å². The van der Waals surface area contributed by atoms with Crippen molar-refractivity contribution in [2.45, 2.75) is 13.0 Å². The highest BCUT2D eigenvalue weighted by Crippen LogP contribution is 2.14. The lowest BCUT2D eigenvalue weighted by atomic mass is 10.1. The summed E-state index contributed by atoms with van der Waals surface area (Å²) in [4.78, 5) is 22.3. The molecule has 6 nitrogen and oxygen atoms in total. The van der Waals surface area contributed by atoms with Crippen LogP contribution in [-0.4, -0.2) is 31.8 Å². The van der Waals surface area contributed by atoms with Crippen LogP contribution < -0.4 is 11.1 Å². The van der Waals surface area contributed by atoms with Crippen molar-refractivity contribution in [1.29, 1.82) is 0 Å². The molecule has 6 heteroatoms. The van der Waals surface area contributed by atoms with Gasteiger partial charge in [0.2, 0.25) is 0 Å². The van der Waals surface area contributed by atoms with Crippen LogP contribution in [0.15, 0.2) is 30.3 Å². The van der Waals surface area contributed by atoms with Crippen LogP contribution in [0, 0.1) is 0 Å². The fourth-order valence-electron chi connectivity index (χ4n) is 1.56. The van der Waals surface area contributed by atoms with Crippen molar-refractivity contribution in [3.63, 3.8) is 0 Å². The number of carbonyl (C=O) groups is 2. The van der Waals surface area contributed by atoms with E-state index in [0.29, 0.717) is 13.2 Å². The second-order valence-electron chi connectivity index (χ2n) is 3.72. The maximum Gasteiger partial charge on any atom is 0.404 e. The van der Waals surface area contributed by atoms with Gasteiger partial charge in [-0.2, -0.15) is 0 Å². The van der Waals surface area contributed by atoms with E-state index >= 15 is 0 Å². The highest BCUT2D eigenvalue weighted by molar-refractivity contribution is 5.77. The Kier molecular flexibility index (Phi) is 6.38. The van der Waals surface area contributed by atoms with Gasteiger partial charge in [-0.05, 0) is 12.5 Å². The number of ether oxygens (including phenoxy) is 2. The topological polar surface area (TPSA) is 90.7 Å². The Morgan fingerprint density at radius 1 is 1.26 bits per heavy atom. The Morgan fingerprint density at radius 2 is 1.95 bits per heavy atom. The van der Waals surface area contributed by atoms with E-state index in [4.69, 9.17) is 10.5 Å². The highest BCUT2D eigenvalue weighted by atomic mass is 16.5. The second kappa shape index (κ2) is 8.10. The number of esters is 1. The van der Waals surface area contributed by atoms with Crippen LogP contribution in [0.5, 0.6) is 0 Å². The van der Waals surface area contributed by atoms with E-state index in [1.807, 2.05) is 30.3 Å². The van der Waals surface area contributed by atoms with Gasteiger partial charge >= 0.3 is 12.1 Å². The van der Waals surface area contributed by atoms with E-state index in [-0.39, 0.29) is 12.6 Å². The van der Waals surface area contributed by atoms with Crippen molar-refractivity contribution in [3.8, 4) is 0 Å². The molecule has 0 heterocycles. The van der Waals surface area contributed by atoms with Gasteiger partial charge in [-0.15, -0.1) is 0 Å². The molecule has 19 heavy (non-hydrogen) atoms. The Labute approximate surface area is 111 Å². The van der Waals surface area contributed by atoms with Crippen molar-refractivity contribution in [2.75, 3.05) is 19.8 Å². The molecule has 0 saturated carbocycles. The Balaban J connectivity index is 2.60. The molecule has 0 aromatic heterocycles. The van der Waals surface area contributed by atoms with Gasteiger partial charge in [-0.3, -0.25) is 5.32 Å². The van der Waals surface area contributed by atoms with Crippen LogP contribution in [0.2, 0.25) is 0 Å². The number of hydrogen-bond donors (Lipinski definition) is 2. The third-order valence-corrected chi connectivity index (χ3v) is 2.35. The summed E-state index contributed by atoms with van der Waals surface area (Å²) in [6.07, 6.45) is -0.839. The van der Waals surface area contributed by atoms with Gasteiger partial charge in [0.1, 0.15) is 12.6 Å². The van der Waals surface area contributed by atoms with Crippen molar-refractivity contribution in [2.24, 2.45) is 5.73 Å². The molecular weight excluding hydrogens is 248 g/mol. The van der Waals surface area contributed by atoms with Crippen LogP contribution >= 0.6 is 0 Å². The second-order valence-corrected chi connectivity index (χ2v) is 3.72. The molecule has 0 spiro atoms. The molecule has 0 radical (unpaired) electrons. The maximum absolute atomic E-state index is 11.9. The molecule has 0 aliphatic carbocycles. The Bertz CT molecular complexity index is 408. The summed E-state index contributed by atoms with van der Waals surface area (Å²) >= 11 is 0. The summed E-state index contributed by atoms with van der Waals surface area (Å²) in [6.45, 7) is 2.46. The zero-order valence-corrected chi connectivity index (χ0v) is 10.8. The standard InChI is InChI=1S/C13H18N2O4/c1-2-18-12(16)11(10-6-4-3-5-7-10)15-8-9-19-13(14)17/h3-7,11,15H,2,8-9H2,1H3,(H2,14,17). The van der Waals surface area contributed by atoms with Crippen molar-refractivity contribution < 1.29 is 19.1 Å². The minimum Gasteiger partial charge on any atom is -0.465 e. The molecule has 104 valence electrons. The molecule has 1 aromatic rings. The molecule has 0 aliphatic heterocycles. The number of carbonyl (C=O) groups excluding carboxylic acids is 2. The lowest BCUT2D eigenvalue weighted by Crippen LogP contribution is -2.33. The Hall–Kier alpha value is -2.08. The molecule has 1 atom stereocenters. The largest absolute Gasteiger partial charge is 0.465 e. The average Bonchev–Trinajstić information content (AvgIpc) is 2.39. The molecule has 0 fully saturated rings. The van der Waals surface area contributed by atoms with Crippen molar-refractivity contribution in [1.82, 2.24) is 5.32 Å². The summed E-state index contributed by atoms with van der Waals surface area (Å²) < 4.78 is 9.59. The lowest BCUT2D eigenvalue weighted by molar-refractivity contribution is -0.145. The minimum atomic E-state index is -0.839. The molecule has 0 aliphatic rings. The quantitative estimate of drug-likeness (QED) is 0.567. The first kappa shape index (κ1) is 15.0. The predicted molar refractivity (Wildman–Crippen MR) is 69.4 cm³/mol. The third-order valence-electron chi connectivity index (χ3n) is 2.35. The first-order valence-corrected chi connectivity index (χ1v) is 6.02. The molecule has 3 N–H and O–H groups in total. The fourth-order valence-corrected chi connectivity index (χ4v) is 1.56. The van der Waals surface area contributed by atoms with E-state index in [1.165, 1.54) is 0 Å². The number of benzene rings is 1. The van der Waals surface area contributed by atoms with Crippen LogP contribution in [0.4, 0.5) is 4.79 Å². The highest BCUT2D eigenvalue weighted by Gasteiger charge is 2.20. The molecular formula is C13H18N2O4. The van der Waals surface area contributed by atoms with Gasteiger partial charge in [0.05, 0.1) is 6.61 Å². The normalized spacial score (nSPS) is 11.6. The zero-order chi connectivity index (χ0) is 14.1. The summed E-state index contributed by atoms with van der Waals surface area (Å²) in [5.74, 6) is -0.368. The van der Waals surface area contributed by atoms with Gasteiger partial charge in [0.25, 0.3) is 0 Å². The summed E-state index contributed by atoms with van der Waals surface area (Å²) in [7, 11) is 0. The Morgan fingerprint density at radius 3 is 2.53 bits per heavy atom. The summed E-state index contributed by atoms with van der Waals surface area (Å²) in [5.41, 5.74) is 5.64. The molecule has 0 saturated heterocycles. The summed E-state index contributed by atoms with van der Waals surface area (Å²) in [6, 6.07) is 8.60. The van der Waals surface area contributed by atoms with E-state index in [0.717, 1.165) is 5.56 Å². The van der Waals surface area contributed by atoms with E-state index in [2.05, 4.69) is 10.1 Å². The molecule has 1 amide bonds. The number of primary amides is 1. The SMILES string of the molecule is CCOC(=O)C(NCCOC(N)=O)c1ccccc1. The average molecular weight is 266 g/mol. The number of rotatable bonds is 7. The van der Waals surface area contributed by atoms with Gasteiger partial charge in [-0.25, -0.2) is 9.59 Å². The molecule has 1 rings (SSSR count). The van der Waals surface area contributed by atoms with Crippen LogP contribution in [0.3, 0.4) is 0 Å². The number of hydrogen-bond acceptors (Lipinski definition) is 5. The fraction of sp³-hybridized carbons (Fsp3) is 0.385. The van der Waals surface area contributed by atoms with Crippen LogP contribution in [-0.2, 0) is 14.3 Å². The summed E-state index contributed by atoms with van der Waals surface area (Å²) in [5, 5.41) is 2.97. The van der Waals surface area contributed by atoms with Gasteiger partial charge < -0.3 is 15.2 Å². The zero-order valence-electron chi connectivity index (χ0n) is 10.8. The van der Waals surface area contributed by atoms with Crippen molar-refractivity contribution in [3.05, 3.63) is 35.9 Å². The number of nitrogens with one attached hydrogen (secondary N) is 1. The van der Waals surface area contributed by atoms with Gasteiger partial charge in [-0.1, -0.05) is 30.3 Å². The maximum atomic E-state index is 11.9. The first-order valence-electron chi connectivity index (χ1n) is 6.02. The molecule has 1 aromatic carbocycles. The van der Waals surface area contributed by atoms with Crippen LogP contribution in [0.25, 0.3) is 0 Å². The first-order chi connectivity index (χ1) is 9.15.